The molecule has 3 rings (SSSR count). The molecule has 2 heterocycles. The second kappa shape index (κ2) is 2.87. The molecule has 4 heteroatoms. The lowest BCUT2D eigenvalue weighted by molar-refractivity contribution is -0.0483. The SMILES string of the molecule is Oc1ccc2c(c1)[C@@H](O)CC1(CNC1)O2. The highest BCUT2D eigenvalue weighted by molar-refractivity contribution is 5.43. The summed E-state index contributed by atoms with van der Waals surface area (Å²) in [6.45, 7) is 1.56. The molecular formula is C11H13NO3. The van der Waals surface area contributed by atoms with Gasteiger partial charge >= 0.3 is 0 Å². The zero-order valence-corrected chi connectivity index (χ0v) is 8.23. The number of aliphatic hydroxyl groups is 1. The third-order valence-electron chi connectivity index (χ3n) is 3.14. The Kier molecular flexibility index (Phi) is 1.72. The molecule has 1 aromatic carbocycles. The Morgan fingerprint density at radius 2 is 2.20 bits per heavy atom. The van der Waals surface area contributed by atoms with Gasteiger partial charge in [0, 0.05) is 25.1 Å². The number of ether oxygens (including phenoxy) is 1. The maximum Gasteiger partial charge on any atom is 0.136 e. The second-order valence-electron chi connectivity index (χ2n) is 4.33. The van der Waals surface area contributed by atoms with E-state index >= 15 is 0 Å². The average Bonchev–Trinajstić information content (AvgIpc) is 2.16. The van der Waals surface area contributed by atoms with Crippen LogP contribution in [-0.4, -0.2) is 28.9 Å². The van der Waals surface area contributed by atoms with Crippen LogP contribution in [-0.2, 0) is 0 Å². The van der Waals surface area contributed by atoms with Gasteiger partial charge in [-0.2, -0.15) is 0 Å². The summed E-state index contributed by atoms with van der Waals surface area (Å²) in [7, 11) is 0. The Labute approximate surface area is 87.5 Å². The fourth-order valence-corrected chi connectivity index (χ4v) is 2.25. The molecule has 0 bridgehead atoms. The molecule has 0 amide bonds. The number of aromatic hydroxyl groups is 1. The van der Waals surface area contributed by atoms with Gasteiger partial charge in [0.15, 0.2) is 0 Å². The van der Waals surface area contributed by atoms with E-state index < -0.39 is 6.10 Å². The van der Waals surface area contributed by atoms with Crippen molar-refractivity contribution in [3.8, 4) is 11.5 Å². The lowest BCUT2D eigenvalue weighted by Gasteiger charge is -2.47. The van der Waals surface area contributed by atoms with E-state index in [0.29, 0.717) is 17.7 Å². The molecule has 1 saturated heterocycles. The van der Waals surface area contributed by atoms with Crippen molar-refractivity contribution >= 4 is 0 Å². The molecule has 4 nitrogen and oxygen atoms in total. The first kappa shape index (κ1) is 9.00. The molecule has 1 spiro atoms. The van der Waals surface area contributed by atoms with Crippen LogP contribution in [0.3, 0.4) is 0 Å². The van der Waals surface area contributed by atoms with Crippen LogP contribution in [0.15, 0.2) is 18.2 Å². The predicted molar refractivity (Wildman–Crippen MR) is 53.9 cm³/mol. The van der Waals surface area contributed by atoms with Gasteiger partial charge in [-0.15, -0.1) is 0 Å². The fraction of sp³-hybridized carbons (Fsp3) is 0.455. The monoisotopic (exact) mass is 207 g/mol. The van der Waals surface area contributed by atoms with Gasteiger partial charge in [0.1, 0.15) is 17.1 Å². The van der Waals surface area contributed by atoms with E-state index in [1.54, 1.807) is 18.2 Å². The maximum absolute atomic E-state index is 9.97. The van der Waals surface area contributed by atoms with E-state index in [1.165, 1.54) is 0 Å². The Balaban J connectivity index is 2.01. The van der Waals surface area contributed by atoms with Crippen molar-refractivity contribution in [1.29, 1.82) is 0 Å². The second-order valence-corrected chi connectivity index (χ2v) is 4.33. The van der Waals surface area contributed by atoms with E-state index in [1.807, 2.05) is 0 Å². The van der Waals surface area contributed by atoms with Crippen molar-refractivity contribution in [1.82, 2.24) is 5.32 Å². The Morgan fingerprint density at radius 1 is 1.40 bits per heavy atom. The number of rotatable bonds is 0. The standard InChI is InChI=1S/C11H13NO3/c13-7-1-2-10-8(3-7)9(14)4-11(15-10)5-12-6-11/h1-3,9,12-14H,4-6H2/t9-/m0/s1. The topological polar surface area (TPSA) is 61.7 Å². The van der Waals surface area contributed by atoms with Gasteiger partial charge in [-0.05, 0) is 18.2 Å². The van der Waals surface area contributed by atoms with Crippen LogP contribution in [0.1, 0.15) is 18.1 Å². The first-order valence-corrected chi connectivity index (χ1v) is 5.09. The van der Waals surface area contributed by atoms with Crippen molar-refractivity contribution in [2.24, 2.45) is 0 Å². The highest BCUT2D eigenvalue weighted by atomic mass is 16.5. The molecule has 0 aromatic heterocycles. The van der Waals surface area contributed by atoms with Crippen LogP contribution in [0.4, 0.5) is 0 Å². The summed E-state index contributed by atoms with van der Waals surface area (Å²) in [6.07, 6.45) is 0.0548. The number of fused-ring (bicyclic) bond motifs is 1. The quantitative estimate of drug-likeness (QED) is 0.581. The first-order chi connectivity index (χ1) is 7.19. The Bertz CT molecular complexity index is 401. The zero-order chi connectivity index (χ0) is 10.5. The van der Waals surface area contributed by atoms with Gasteiger partial charge in [0.25, 0.3) is 0 Å². The molecular weight excluding hydrogens is 194 g/mol. The number of benzene rings is 1. The van der Waals surface area contributed by atoms with Crippen molar-refractivity contribution < 1.29 is 14.9 Å². The van der Waals surface area contributed by atoms with Crippen LogP contribution in [0.2, 0.25) is 0 Å². The van der Waals surface area contributed by atoms with Crippen molar-refractivity contribution in [2.75, 3.05) is 13.1 Å². The molecule has 80 valence electrons. The highest BCUT2D eigenvalue weighted by Crippen LogP contribution is 2.42. The van der Waals surface area contributed by atoms with Crippen LogP contribution >= 0.6 is 0 Å². The molecule has 1 atom stereocenters. The maximum atomic E-state index is 9.97. The van der Waals surface area contributed by atoms with E-state index in [4.69, 9.17) is 4.74 Å². The van der Waals surface area contributed by atoms with Gasteiger partial charge in [0.05, 0.1) is 6.10 Å². The number of hydrogen-bond acceptors (Lipinski definition) is 4. The minimum atomic E-state index is -0.539. The van der Waals surface area contributed by atoms with Gasteiger partial charge < -0.3 is 20.3 Å². The van der Waals surface area contributed by atoms with Gasteiger partial charge in [0.2, 0.25) is 0 Å². The molecule has 15 heavy (non-hydrogen) atoms. The smallest absolute Gasteiger partial charge is 0.136 e. The number of phenolic OH excluding ortho intramolecular Hbond substituents is 1. The van der Waals surface area contributed by atoms with E-state index in [0.717, 1.165) is 13.1 Å². The van der Waals surface area contributed by atoms with Crippen molar-refractivity contribution in [3.63, 3.8) is 0 Å². The predicted octanol–water partition coefficient (Wildman–Crippen LogP) is 0.550. The molecule has 1 fully saturated rings. The number of aliphatic hydroxyl groups excluding tert-OH is 1. The summed E-state index contributed by atoms with van der Waals surface area (Å²) in [6, 6.07) is 4.86. The molecule has 2 aliphatic rings. The summed E-state index contributed by atoms with van der Waals surface area (Å²) in [4.78, 5) is 0. The number of nitrogens with one attached hydrogen (secondary N) is 1. The molecule has 0 aliphatic carbocycles. The summed E-state index contributed by atoms with van der Waals surface area (Å²) < 4.78 is 5.85. The van der Waals surface area contributed by atoms with Crippen LogP contribution in [0.25, 0.3) is 0 Å². The molecule has 3 N–H and O–H groups in total. The van der Waals surface area contributed by atoms with Crippen LogP contribution in [0, 0.1) is 0 Å². The highest BCUT2D eigenvalue weighted by Gasteiger charge is 2.45. The summed E-state index contributed by atoms with van der Waals surface area (Å²) >= 11 is 0. The van der Waals surface area contributed by atoms with Gasteiger partial charge in [-0.25, -0.2) is 0 Å². The molecule has 1 aromatic rings. The van der Waals surface area contributed by atoms with Crippen LogP contribution in [0.5, 0.6) is 11.5 Å². The normalized spacial score (nSPS) is 26.6. The summed E-state index contributed by atoms with van der Waals surface area (Å²) in [5.41, 5.74) is 0.455. The van der Waals surface area contributed by atoms with Gasteiger partial charge in [-0.3, -0.25) is 0 Å². The van der Waals surface area contributed by atoms with Crippen LogP contribution < -0.4 is 10.1 Å². The molecule has 0 radical (unpaired) electrons. The Morgan fingerprint density at radius 3 is 2.87 bits per heavy atom. The molecule has 2 aliphatic heterocycles. The molecule has 0 unspecified atom stereocenters. The average molecular weight is 207 g/mol. The minimum Gasteiger partial charge on any atom is -0.508 e. The third kappa shape index (κ3) is 1.29. The number of hydrogen-bond donors (Lipinski definition) is 3. The third-order valence-corrected chi connectivity index (χ3v) is 3.14. The largest absolute Gasteiger partial charge is 0.508 e. The van der Waals surface area contributed by atoms with E-state index in [9.17, 15) is 10.2 Å². The zero-order valence-electron chi connectivity index (χ0n) is 8.23. The number of phenols is 1. The minimum absolute atomic E-state index is 0.166. The fourth-order valence-electron chi connectivity index (χ4n) is 2.25. The van der Waals surface area contributed by atoms with E-state index in [-0.39, 0.29) is 11.4 Å². The Hall–Kier alpha value is -1.26. The molecule has 0 saturated carbocycles. The first-order valence-electron chi connectivity index (χ1n) is 5.09. The van der Waals surface area contributed by atoms with Gasteiger partial charge in [-0.1, -0.05) is 0 Å². The summed E-state index contributed by atoms with van der Waals surface area (Å²) in [5, 5.41) is 22.4. The van der Waals surface area contributed by atoms with E-state index in [2.05, 4.69) is 5.32 Å². The summed E-state index contributed by atoms with van der Waals surface area (Å²) in [5.74, 6) is 0.854. The lowest BCUT2D eigenvalue weighted by atomic mass is 9.84. The van der Waals surface area contributed by atoms with Crippen molar-refractivity contribution in [3.05, 3.63) is 23.8 Å². The van der Waals surface area contributed by atoms with Crippen molar-refractivity contribution in [2.45, 2.75) is 18.1 Å². The lowest BCUT2D eigenvalue weighted by Crippen LogP contribution is -2.64.